The first-order chi connectivity index (χ1) is 11.0. The summed E-state index contributed by atoms with van der Waals surface area (Å²) in [5.41, 5.74) is 1.42. The van der Waals surface area contributed by atoms with Crippen LogP contribution in [-0.2, 0) is 22.7 Å². The highest BCUT2D eigenvalue weighted by molar-refractivity contribution is 6.31. The first-order valence-corrected chi connectivity index (χ1v) is 7.13. The number of carbonyl (C=O) groups excluding carboxylic acids is 1. The van der Waals surface area contributed by atoms with Gasteiger partial charge in [0.2, 0.25) is 0 Å². The summed E-state index contributed by atoms with van der Waals surface area (Å²) in [7, 11) is 0. The van der Waals surface area contributed by atoms with E-state index in [1.54, 1.807) is 24.3 Å². The largest absolute Gasteiger partial charge is 0.508 e. The number of aromatic nitrogens is 1. The van der Waals surface area contributed by atoms with E-state index in [-0.39, 0.29) is 18.9 Å². The Balaban J connectivity index is 1.73. The van der Waals surface area contributed by atoms with Gasteiger partial charge in [-0.25, -0.2) is 4.79 Å². The second-order valence-electron chi connectivity index (χ2n) is 4.90. The Hall–Kier alpha value is -2.73. The quantitative estimate of drug-likeness (QED) is 0.742. The van der Waals surface area contributed by atoms with Crippen LogP contribution < -0.4 is 5.76 Å². The first-order valence-electron chi connectivity index (χ1n) is 6.75. The zero-order valence-corrected chi connectivity index (χ0v) is 12.6. The molecule has 23 heavy (non-hydrogen) atoms. The van der Waals surface area contributed by atoms with Crippen molar-refractivity contribution in [2.45, 2.75) is 13.2 Å². The highest BCUT2D eigenvalue weighted by Crippen LogP contribution is 2.18. The molecule has 0 bridgehead atoms. The van der Waals surface area contributed by atoms with Crippen molar-refractivity contribution in [2.24, 2.45) is 0 Å². The molecule has 0 atom stereocenters. The zero-order chi connectivity index (χ0) is 16.4. The average Bonchev–Trinajstić information content (AvgIpc) is 2.80. The number of aromatic hydroxyl groups is 1. The highest BCUT2D eigenvalue weighted by atomic mass is 35.5. The van der Waals surface area contributed by atoms with E-state index in [2.05, 4.69) is 0 Å². The van der Waals surface area contributed by atoms with Gasteiger partial charge in [-0.15, -0.1) is 0 Å². The topological polar surface area (TPSA) is 81.7 Å². The summed E-state index contributed by atoms with van der Waals surface area (Å²) in [6, 6.07) is 11.1. The minimum absolute atomic E-state index is 0.00357. The Morgan fingerprint density at radius 2 is 2.09 bits per heavy atom. The van der Waals surface area contributed by atoms with Crippen LogP contribution in [0.25, 0.3) is 11.1 Å². The van der Waals surface area contributed by atoms with Gasteiger partial charge < -0.3 is 14.3 Å². The lowest BCUT2D eigenvalue weighted by molar-refractivity contribution is -0.145. The molecular formula is C16H12ClNO5. The van der Waals surface area contributed by atoms with Gasteiger partial charge in [-0.05, 0) is 29.8 Å². The molecule has 1 aromatic heterocycles. The molecule has 3 rings (SSSR count). The zero-order valence-electron chi connectivity index (χ0n) is 11.9. The molecule has 0 spiro atoms. The minimum atomic E-state index is -0.656. The number of carbonyl (C=O) groups is 1. The van der Waals surface area contributed by atoms with Crippen molar-refractivity contribution in [1.82, 2.24) is 4.57 Å². The average molecular weight is 334 g/mol. The van der Waals surface area contributed by atoms with Crippen molar-refractivity contribution in [3.63, 3.8) is 0 Å². The molecule has 0 unspecified atom stereocenters. The fraction of sp³-hybridized carbons (Fsp3) is 0.125. The molecule has 0 aliphatic heterocycles. The Bertz CT molecular complexity index is 928. The molecule has 2 aromatic carbocycles. The van der Waals surface area contributed by atoms with Crippen LogP contribution in [0.3, 0.4) is 0 Å². The molecule has 0 amide bonds. The maximum absolute atomic E-state index is 11.9. The van der Waals surface area contributed by atoms with Crippen molar-refractivity contribution < 1.29 is 19.1 Å². The van der Waals surface area contributed by atoms with E-state index in [1.807, 2.05) is 0 Å². The molecule has 3 aromatic rings. The number of benzene rings is 2. The van der Waals surface area contributed by atoms with Gasteiger partial charge in [-0.3, -0.25) is 9.36 Å². The van der Waals surface area contributed by atoms with Gasteiger partial charge in [0.25, 0.3) is 0 Å². The van der Waals surface area contributed by atoms with E-state index < -0.39 is 11.7 Å². The number of esters is 1. The van der Waals surface area contributed by atoms with E-state index in [1.165, 1.54) is 22.8 Å². The summed E-state index contributed by atoms with van der Waals surface area (Å²) < 4.78 is 11.3. The van der Waals surface area contributed by atoms with Gasteiger partial charge in [0.15, 0.2) is 5.58 Å². The van der Waals surface area contributed by atoms with Gasteiger partial charge in [0.05, 0.1) is 5.52 Å². The molecule has 0 radical (unpaired) electrons. The molecule has 0 aliphatic rings. The number of fused-ring (bicyclic) bond motifs is 1. The Morgan fingerprint density at radius 3 is 2.87 bits per heavy atom. The van der Waals surface area contributed by atoms with E-state index in [4.69, 9.17) is 20.8 Å². The van der Waals surface area contributed by atoms with Gasteiger partial charge >= 0.3 is 11.7 Å². The van der Waals surface area contributed by atoms with Crippen LogP contribution in [0.15, 0.2) is 51.7 Å². The molecule has 7 heteroatoms. The van der Waals surface area contributed by atoms with Gasteiger partial charge in [0, 0.05) is 11.1 Å². The predicted molar refractivity (Wildman–Crippen MR) is 83.4 cm³/mol. The molecule has 1 heterocycles. The van der Waals surface area contributed by atoms with Gasteiger partial charge in [0.1, 0.15) is 18.9 Å². The maximum Gasteiger partial charge on any atom is 0.420 e. The number of rotatable bonds is 4. The number of hydrogen-bond acceptors (Lipinski definition) is 5. The SMILES string of the molecule is O=C(Cn1c(=O)oc2cc(Cl)ccc21)OCc1cccc(O)c1. The van der Waals surface area contributed by atoms with Crippen LogP contribution in [0.1, 0.15) is 5.56 Å². The lowest BCUT2D eigenvalue weighted by Crippen LogP contribution is -2.21. The number of oxazole rings is 1. The van der Waals surface area contributed by atoms with Crippen molar-refractivity contribution in [2.75, 3.05) is 0 Å². The van der Waals surface area contributed by atoms with Crippen LogP contribution >= 0.6 is 11.6 Å². The summed E-state index contributed by atoms with van der Waals surface area (Å²) in [4.78, 5) is 23.7. The summed E-state index contributed by atoms with van der Waals surface area (Å²) in [6.07, 6.45) is 0. The van der Waals surface area contributed by atoms with Crippen LogP contribution in [0.2, 0.25) is 5.02 Å². The normalized spacial score (nSPS) is 10.8. The number of nitrogens with zero attached hydrogens (tertiary/aromatic N) is 1. The van der Waals surface area contributed by atoms with Crippen LogP contribution in [0.5, 0.6) is 5.75 Å². The smallest absolute Gasteiger partial charge is 0.420 e. The summed E-state index contributed by atoms with van der Waals surface area (Å²) in [6.45, 7) is -0.268. The minimum Gasteiger partial charge on any atom is -0.508 e. The summed E-state index contributed by atoms with van der Waals surface area (Å²) in [5.74, 6) is -1.16. The Labute approximate surface area is 135 Å². The van der Waals surface area contributed by atoms with Gasteiger partial charge in [-0.1, -0.05) is 23.7 Å². The lowest BCUT2D eigenvalue weighted by atomic mass is 10.2. The van der Waals surface area contributed by atoms with Crippen molar-refractivity contribution in [3.05, 3.63) is 63.6 Å². The number of phenols is 1. The fourth-order valence-electron chi connectivity index (χ4n) is 2.17. The van der Waals surface area contributed by atoms with Crippen LogP contribution in [-0.4, -0.2) is 15.6 Å². The second kappa shape index (κ2) is 6.18. The number of ether oxygens (including phenoxy) is 1. The van der Waals surface area contributed by atoms with E-state index in [0.29, 0.717) is 21.7 Å². The highest BCUT2D eigenvalue weighted by Gasteiger charge is 2.14. The molecule has 0 saturated carbocycles. The summed E-state index contributed by atoms with van der Waals surface area (Å²) >= 11 is 5.83. The fourth-order valence-corrected chi connectivity index (χ4v) is 2.34. The molecular weight excluding hydrogens is 322 g/mol. The third-order valence-corrected chi connectivity index (χ3v) is 3.46. The van der Waals surface area contributed by atoms with Crippen LogP contribution in [0.4, 0.5) is 0 Å². The second-order valence-corrected chi connectivity index (χ2v) is 5.33. The Kier molecular flexibility index (Phi) is 4.08. The third-order valence-electron chi connectivity index (χ3n) is 3.23. The molecule has 0 fully saturated rings. The van der Waals surface area contributed by atoms with E-state index >= 15 is 0 Å². The molecule has 1 N–H and O–H groups in total. The van der Waals surface area contributed by atoms with Crippen LogP contribution in [0, 0.1) is 0 Å². The molecule has 0 saturated heterocycles. The maximum atomic E-state index is 11.9. The van der Waals surface area contributed by atoms with Crippen molar-refractivity contribution >= 4 is 28.7 Å². The molecule has 0 aliphatic carbocycles. The third kappa shape index (κ3) is 3.37. The summed E-state index contributed by atoms with van der Waals surface area (Å²) in [5, 5.41) is 9.79. The monoisotopic (exact) mass is 333 g/mol. The standard InChI is InChI=1S/C16H12ClNO5/c17-11-4-5-13-14(7-11)23-16(21)18(13)8-15(20)22-9-10-2-1-3-12(19)6-10/h1-7,19H,8-9H2. The van der Waals surface area contributed by atoms with Crippen molar-refractivity contribution in [1.29, 1.82) is 0 Å². The van der Waals surface area contributed by atoms with Gasteiger partial charge in [-0.2, -0.15) is 0 Å². The van der Waals surface area contributed by atoms with E-state index in [9.17, 15) is 14.7 Å². The first kappa shape index (κ1) is 15.2. The number of halogens is 1. The predicted octanol–water partition coefficient (Wildman–Crippen LogP) is 2.70. The van der Waals surface area contributed by atoms with E-state index in [0.717, 1.165) is 0 Å². The van der Waals surface area contributed by atoms with Crippen molar-refractivity contribution in [3.8, 4) is 5.75 Å². The lowest BCUT2D eigenvalue weighted by Gasteiger charge is -2.06. The molecule has 6 nitrogen and oxygen atoms in total. The molecule has 118 valence electrons. The Morgan fingerprint density at radius 1 is 1.26 bits per heavy atom. The number of hydrogen-bond donors (Lipinski definition) is 1. The number of phenolic OH excluding ortho intramolecular Hbond substituents is 1.